The summed E-state index contributed by atoms with van der Waals surface area (Å²) in [5.74, 6) is 1.12. The number of nitrogens with one attached hydrogen (secondary N) is 1. The quantitative estimate of drug-likeness (QED) is 0.565. The van der Waals surface area contributed by atoms with E-state index in [1.165, 1.54) is 0 Å². The van der Waals surface area contributed by atoms with E-state index in [4.69, 9.17) is 16.3 Å². The lowest BCUT2D eigenvalue weighted by molar-refractivity contribution is 0.415. The zero-order chi connectivity index (χ0) is 18.3. The Hall–Kier alpha value is -3.19. The number of ether oxygens (including phenoxy) is 1. The minimum absolute atomic E-state index is 0.165. The van der Waals surface area contributed by atoms with Gasteiger partial charge in [0.2, 0.25) is 17.8 Å². The lowest BCUT2D eigenvalue weighted by Crippen LogP contribution is -2.03. The number of methoxy groups -OCH3 is 1. The molecule has 0 aliphatic heterocycles. The van der Waals surface area contributed by atoms with Crippen LogP contribution in [-0.4, -0.2) is 32.2 Å². The number of rotatable bonds is 3. The summed E-state index contributed by atoms with van der Waals surface area (Å²) in [5, 5.41) is 15.0. The molecule has 7 nitrogen and oxygen atoms in total. The maximum absolute atomic E-state index is 10.1. The van der Waals surface area contributed by atoms with E-state index in [-0.39, 0.29) is 11.8 Å². The van der Waals surface area contributed by atoms with Gasteiger partial charge in [-0.05, 0) is 43.3 Å². The van der Waals surface area contributed by atoms with E-state index in [1.54, 1.807) is 25.3 Å². The SMILES string of the molecule is COc1ccc2nc(Nc3nc(O)c4cc(Cl)ccc4n3)nc(C)c2c1. The Bertz CT molecular complexity index is 1150. The van der Waals surface area contributed by atoms with Crippen LogP contribution in [0.15, 0.2) is 36.4 Å². The van der Waals surface area contributed by atoms with Crippen LogP contribution in [0.5, 0.6) is 11.6 Å². The second kappa shape index (κ2) is 6.27. The van der Waals surface area contributed by atoms with Gasteiger partial charge in [0, 0.05) is 10.4 Å². The van der Waals surface area contributed by atoms with Crippen molar-refractivity contribution in [1.29, 1.82) is 0 Å². The zero-order valence-electron chi connectivity index (χ0n) is 14.0. The molecular weight excluding hydrogens is 354 g/mol. The van der Waals surface area contributed by atoms with Crippen molar-refractivity contribution in [3.05, 3.63) is 47.1 Å². The molecule has 0 aliphatic rings. The summed E-state index contributed by atoms with van der Waals surface area (Å²) >= 11 is 5.94. The van der Waals surface area contributed by atoms with Gasteiger partial charge in [-0.15, -0.1) is 0 Å². The average Bonchev–Trinajstić information content (AvgIpc) is 2.62. The summed E-state index contributed by atoms with van der Waals surface area (Å²) in [7, 11) is 1.62. The number of benzene rings is 2. The standard InChI is InChI=1S/C18H14ClN5O2/c1-9-12-8-11(26-2)4-6-14(12)21-17(20-9)24-18-22-15-5-3-10(19)7-13(15)16(25)23-18/h3-8H,1-2H3,(H2,20,21,22,23,24,25). The molecule has 8 heteroatoms. The van der Waals surface area contributed by atoms with E-state index in [0.29, 0.717) is 21.9 Å². The Morgan fingerprint density at radius 3 is 2.38 bits per heavy atom. The van der Waals surface area contributed by atoms with Crippen molar-refractivity contribution in [2.24, 2.45) is 0 Å². The minimum atomic E-state index is -0.165. The van der Waals surface area contributed by atoms with Crippen LogP contribution in [0, 0.1) is 6.92 Å². The molecule has 4 rings (SSSR count). The molecule has 2 aromatic heterocycles. The molecule has 0 spiro atoms. The second-order valence-electron chi connectivity index (χ2n) is 5.67. The molecule has 0 amide bonds. The van der Waals surface area contributed by atoms with Crippen LogP contribution in [0.3, 0.4) is 0 Å². The lowest BCUT2D eigenvalue weighted by atomic mass is 10.2. The number of fused-ring (bicyclic) bond motifs is 2. The summed E-state index contributed by atoms with van der Waals surface area (Å²) in [5.41, 5.74) is 2.11. The van der Waals surface area contributed by atoms with Crippen LogP contribution in [0.1, 0.15) is 5.69 Å². The highest BCUT2D eigenvalue weighted by atomic mass is 35.5. The molecule has 4 aromatic rings. The highest BCUT2D eigenvalue weighted by Crippen LogP contribution is 2.27. The first-order valence-corrected chi connectivity index (χ1v) is 8.17. The first kappa shape index (κ1) is 16.3. The van der Waals surface area contributed by atoms with Crippen molar-refractivity contribution >= 4 is 45.3 Å². The summed E-state index contributed by atoms with van der Waals surface area (Å²) in [6, 6.07) is 10.6. The topological polar surface area (TPSA) is 93.0 Å². The first-order valence-electron chi connectivity index (χ1n) is 7.79. The van der Waals surface area contributed by atoms with Gasteiger partial charge in [0.25, 0.3) is 0 Å². The summed E-state index contributed by atoms with van der Waals surface area (Å²) < 4.78 is 5.24. The zero-order valence-corrected chi connectivity index (χ0v) is 14.7. The third-order valence-corrected chi connectivity index (χ3v) is 4.19. The van der Waals surface area contributed by atoms with E-state index < -0.39 is 0 Å². The number of aromatic nitrogens is 4. The minimum Gasteiger partial charge on any atom is -0.497 e. The van der Waals surface area contributed by atoms with Gasteiger partial charge in [-0.3, -0.25) is 5.32 Å². The van der Waals surface area contributed by atoms with Crippen molar-refractivity contribution in [3.63, 3.8) is 0 Å². The Morgan fingerprint density at radius 2 is 1.62 bits per heavy atom. The predicted octanol–water partition coefficient (Wildman–Crippen LogP) is 3.99. The van der Waals surface area contributed by atoms with Crippen LogP contribution in [0.25, 0.3) is 21.8 Å². The third kappa shape index (κ3) is 2.93. The smallest absolute Gasteiger partial charge is 0.233 e. The largest absolute Gasteiger partial charge is 0.497 e. The fraction of sp³-hybridized carbons (Fsp3) is 0.111. The predicted molar refractivity (Wildman–Crippen MR) is 100 cm³/mol. The molecule has 2 N–H and O–H groups in total. The Labute approximate surface area is 153 Å². The molecular formula is C18H14ClN5O2. The number of anilines is 2. The fourth-order valence-electron chi connectivity index (χ4n) is 2.68. The second-order valence-corrected chi connectivity index (χ2v) is 6.11. The number of hydrogen-bond acceptors (Lipinski definition) is 7. The molecule has 0 bridgehead atoms. The number of aromatic hydroxyl groups is 1. The maximum Gasteiger partial charge on any atom is 0.233 e. The molecule has 130 valence electrons. The molecule has 0 radical (unpaired) electrons. The lowest BCUT2D eigenvalue weighted by Gasteiger charge is -2.09. The Morgan fingerprint density at radius 1 is 0.923 bits per heavy atom. The summed E-state index contributed by atoms with van der Waals surface area (Å²) in [6.07, 6.45) is 0. The van der Waals surface area contributed by atoms with Gasteiger partial charge in [-0.1, -0.05) is 11.6 Å². The molecule has 0 saturated heterocycles. The van der Waals surface area contributed by atoms with Crippen molar-refractivity contribution in [2.75, 3.05) is 12.4 Å². The van der Waals surface area contributed by atoms with Gasteiger partial charge in [-0.2, -0.15) is 4.98 Å². The van der Waals surface area contributed by atoms with Crippen LogP contribution in [0.4, 0.5) is 11.9 Å². The van der Waals surface area contributed by atoms with E-state index >= 15 is 0 Å². The number of halogens is 1. The highest BCUT2D eigenvalue weighted by molar-refractivity contribution is 6.31. The van der Waals surface area contributed by atoms with E-state index in [1.807, 2.05) is 25.1 Å². The molecule has 0 atom stereocenters. The molecule has 2 aromatic carbocycles. The molecule has 0 aliphatic carbocycles. The Kier molecular flexibility index (Phi) is 3.93. The van der Waals surface area contributed by atoms with Crippen molar-refractivity contribution < 1.29 is 9.84 Å². The number of nitrogens with zero attached hydrogens (tertiary/aromatic N) is 4. The van der Waals surface area contributed by atoms with Crippen LogP contribution < -0.4 is 10.1 Å². The monoisotopic (exact) mass is 367 g/mol. The van der Waals surface area contributed by atoms with E-state index in [0.717, 1.165) is 22.3 Å². The molecule has 2 heterocycles. The third-order valence-electron chi connectivity index (χ3n) is 3.95. The van der Waals surface area contributed by atoms with Gasteiger partial charge in [-0.25, -0.2) is 15.0 Å². The maximum atomic E-state index is 10.1. The first-order chi connectivity index (χ1) is 12.5. The molecule has 0 unspecified atom stereocenters. The number of aryl methyl sites for hydroxylation is 1. The van der Waals surface area contributed by atoms with Gasteiger partial charge in [0.15, 0.2) is 0 Å². The number of hydrogen-bond donors (Lipinski definition) is 2. The van der Waals surface area contributed by atoms with Crippen molar-refractivity contribution in [2.45, 2.75) is 6.92 Å². The fourth-order valence-corrected chi connectivity index (χ4v) is 2.86. The summed E-state index contributed by atoms with van der Waals surface area (Å²) in [4.78, 5) is 17.3. The van der Waals surface area contributed by atoms with Gasteiger partial charge >= 0.3 is 0 Å². The van der Waals surface area contributed by atoms with Crippen LogP contribution >= 0.6 is 11.6 Å². The summed E-state index contributed by atoms with van der Waals surface area (Å²) in [6.45, 7) is 1.88. The van der Waals surface area contributed by atoms with Gasteiger partial charge in [0.05, 0.1) is 29.2 Å². The average molecular weight is 368 g/mol. The van der Waals surface area contributed by atoms with Crippen molar-refractivity contribution in [1.82, 2.24) is 19.9 Å². The molecule has 0 fully saturated rings. The van der Waals surface area contributed by atoms with Gasteiger partial charge < -0.3 is 9.84 Å². The molecule has 26 heavy (non-hydrogen) atoms. The van der Waals surface area contributed by atoms with Gasteiger partial charge in [0.1, 0.15) is 5.75 Å². The van der Waals surface area contributed by atoms with Crippen molar-refractivity contribution in [3.8, 4) is 11.6 Å². The Balaban J connectivity index is 1.75. The van der Waals surface area contributed by atoms with Crippen LogP contribution in [0.2, 0.25) is 5.02 Å². The van der Waals surface area contributed by atoms with Crippen LogP contribution in [-0.2, 0) is 0 Å². The van der Waals surface area contributed by atoms with E-state index in [9.17, 15) is 5.11 Å². The molecule has 0 saturated carbocycles. The normalized spacial score (nSPS) is 11.0. The highest BCUT2D eigenvalue weighted by Gasteiger charge is 2.11. The van der Waals surface area contributed by atoms with E-state index in [2.05, 4.69) is 25.3 Å².